The monoisotopic (exact) mass is 390 g/mol. The zero-order chi connectivity index (χ0) is 16.4. The van der Waals surface area contributed by atoms with Crippen molar-refractivity contribution in [3.63, 3.8) is 0 Å². The second-order valence-corrected chi connectivity index (χ2v) is 5.49. The van der Waals surface area contributed by atoms with Crippen molar-refractivity contribution >= 4 is 24.4 Å². The molecule has 0 saturated heterocycles. The molecule has 6 nitrogen and oxygen atoms in total. The van der Waals surface area contributed by atoms with Gasteiger partial charge in [-0.2, -0.15) is 0 Å². The van der Waals surface area contributed by atoms with Gasteiger partial charge in [0.05, 0.1) is 23.0 Å². The maximum Gasteiger partial charge on any atom is 2.00 e. The first kappa shape index (κ1) is 24.9. The number of rotatable bonds is 6. The Morgan fingerprint density at radius 1 is 0.857 bits per heavy atom. The van der Waals surface area contributed by atoms with E-state index in [4.69, 9.17) is 0 Å². The van der Waals surface area contributed by atoms with Crippen LogP contribution in [0.4, 0.5) is 0 Å². The molecule has 0 N–H and O–H groups in total. The first-order valence-corrected chi connectivity index (χ1v) is 6.48. The second kappa shape index (κ2) is 11.6. The largest absolute Gasteiger partial charge is 2.00 e. The zero-order valence-electron chi connectivity index (χ0n) is 13.4. The maximum absolute atomic E-state index is 9.90. The van der Waals surface area contributed by atoms with E-state index in [1.54, 1.807) is 0 Å². The Balaban J connectivity index is -0.000000295. The molecule has 0 rings (SSSR count). The van der Waals surface area contributed by atoms with Crippen molar-refractivity contribution in [2.45, 2.75) is 65.5 Å². The summed E-state index contributed by atoms with van der Waals surface area (Å²) in [5.41, 5.74) is -0.555. The van der Waals surface area contributed by atoms with E-state index in [1.807, 2.05) is 41.5 Å². The van der Waals surface area contributed by atoms with E-state index in [-0.39, 0.29) is 31.5 Å². The Morgan fingerprint density at radius 3 is 1.24 bits per heavy atom. The molecule has 0 aliphatic heterocycles. The topological polar surface area (TPSA) is 105 Å². The zero-order valence-corrected chi connectivity index (χ0v) is 15.0. The third kappa shape index (κ3) is 18.9. The van der Waals surface area contributed by atoms with Crippen LogP contribution < -0.4 is 10.2 Å². The maximum atomic E-state index is 9.90. The first-order chi connectivity index (χ1) is 8.95. The number of carbonyl (C=O) groups is 2. The smallest absolute Gasteiger partial charge is 0.544 e. The molecular weight excluding hydrogens is 367 g/mol. The molecule has 0 amide bonds. The quantitative estimate of drug-likeness (QED) is 0.469. The van der Waals surface area contributed by atoms with Crippen LogP contribution >= 0.6 is 0 Å². The average molecular weight is 391 g/mol. The van der Waals surface area contributed by atoms with E-state index in [0.717, 1.165) is 25.3 Å². The fourth-order valence-corrected chi connectivity index (χ4v) is 0.637. The summed E-state index contributed by atoms with van der Waals surface area (Å²) in [6.07, 6.45) is 3.31. The molecule has 7 heteroatoms. The number of hydrogen-bond acceptors (Lipinski definition) is 6. The molecular formula is C14H24N2O4Pd. The summed E-state index contributed by atoms with van der Waals surface area (Å²) in [4.78, 5) is 27.4. The van der Waals surface area contributed by atoms with Crippen LogP contribution in [0.1, 0.15) is 54.4 Å². The summed E-state index contributed by atoms with van der Waals surface area (Å²) < 4.78 is 0. The Labute approximate surface area is 140 Å². The van der Waals surface area contributed by atoms with Crippen LogP contribution in [0.3, 0.4) is 0 Å². The Hall–Kier alpha value is -1.06. The fraction of sp³-hybridized carbons (Fsp3) is 0.714. The Kier molecular flexibility index (Phi) is 13.8. The van der Waals surface area contributed by atoms with Gasteiger partial charge in [-0.3, -0.25) is 9.98 Å². The van der Waals surface area contributed by atoms with Crippen molar-refractivity contribution in [2.24, 2.45) is 9.98 Å². The van der Waals surface area contributed by atoms with E-state index < -0.39 is 11.9 Å². The molecule has 0 aromatic heterocycles. The van der Waals surface area contributed by atoms with Crippen molar-refractivity contribution in [3.8, 4) is 0 Å². The molecule has 0 unspecified atom stereocenters. The van der Waals surface area contributed by atoms with Crippen molar-refractivity contribution in [3.05, 3.63) is 0 Å². The minimum Gasteiger partial charge on any atom is -0.544 e. The molecule has 0 aliphatic rings. The summed E-state index contributed by atoms with van der Waals surface area (Å²) in [5.74, 6) is -2.47. The molecule has 0 radical (unpaired) electrons. The van der Waals surface area contributed by atoms with Crippen LogP contribution in [0, 0.1) is 0 Å². The van der Waals surface area contributed by atoms with Crippen molar-refractivity contribution in [2.75, 3.05) is 0 Å². The van der Waals surface area contributed by atoms with Gasteiger partial charge in [-0.05, 0) is 40.5 Å². The normalized spacial score (nSPS) is 11.7. The van der Waals surface area contributed by atoms with Crippen molar-refractivity contribution < 1.29 is 40.2 Å². The minimum atomic E-state index is -1.23. The third-order valence-electron chi connectivity index (χ3n) is 2.77. The Bertz CT molecular complexity index is 341. The summed E-state index contributed by atoms with van der Waals surface area (Å²) in [6, 6.07) is 0. The van der Waals surface area contributed by atoms with Gasteiger partial charge in [-0.1, -0.05) is 13.8 Å². The molecule has 0 aromatic carbocycles. The van der Waals surface area contributed by atoms with Crippen LogP contribution in [0.5, 0.6) is 0 Å². The van der Waals surface area contributed by atoms with Gasteiger partial charge in [0.25, 0.3) is 0 Å². The summed E-state index contributed by atoms with van der Waals surface area (Å²) in [5, 5.41) is 19.8. The van der Waals surface area contributed by atoms with Crippen LogP contribution in [0.2, 0.25) is 0 Å². The standard InChI is InChI=1S/2C7H13NO2.Pd/c2*1-4-7(2,3)8-5-6(9)10;/h2*5H,4H2,1-3H3,(H,9,10);/q;;+2/p-2. The molecule has 0 atom stereocenters. The Morgan fingerprint density at radius 2 is 1.10 bits per heavy atom. The molecule has 0 fully saturated rings. The van der Waals surface area contributed by atoms with Gasteiger partial charge in [0, 0.05) is 12.4 Å². The predicted octanol–water partition coefficient (Wildman–Crippen LogP) is -0.0111. The summed E-state index contributed by atoms with van der Waals surface area (Å²) >= 11 is 0. The van der Waals surface area contributed by atoms with Gasteiger partial charge in [0.15, 0.2) is 0 Å². The van der Waals surface area contributed by atoms with Gasteiger partial charge in [-0.15, -0.1) is 0 Å². The number of aliphatic carboxylic acids is 2. The number of carbonyl (C=O) groups excluding carboxylic acids is 2. The number of carboxylic acid groups (broad SMARTS) is 2. The summed E-state index contributed by atoms with van der Waals surface area (Å²) in [6.45, 7) is 11.4. The van der Waals surface area contributed by atoms with Crippen LogP contribution in [0.25, 0.3) is 0 Å². The molecule has 0 heterocycles. The van der Waals surface area contributed by atoms with Gasteiger partial charge in [-0.25, -0.2) is 0 Å². The molecule has 124 valence electrons. The van der Waals surface area contributed by atoms with Gasteiger partial charge in [0.1, 0.15) is 0 Å². The molecule has 0 bridgehead atoms. The van der Waals surface area contributed by atoms with Crippen LogP contribution in [-0.2, 0) is 30.0 Å². The van der Waals surface area contributed by atoms with Crippen molar-refractivity contribution in [1.29, 1.82) is 0 Å². The summed E-state index contributed by atoms with van der Waals surface area (Å²) in [7, 11) is 0. The third-order valence-corrected chi connectivity index (χ3v) is 2.77. The van der Waals surface area contributed by atoms with Gasteiger partial charge >= 0.3 is 20.4 Å². The predicted molar refractivity (Wildman–Crippen MR) is 75.7 cm³/mol. The van der Waals surface area contributed by atoms with Gasteiger partial charge in [0.2, 0.25) is 0 Å². The van der Waals surface area contributed by atoms with Crippen LogP contribution in [-0.4, -0.2) is 35.4 Å². The SMILES string of the molecule is CCC(C)(C)N=CC(=O)[O-].CCC(C)(C)N=CC(=O)[O-].[Pd+2]. The molecule has 0 aliphatic carbocycles. The minimum absolute atomic E-state index is 0. The molecule has 0 saturated carbocycles. The number of hydrogen-bond donors (Lipinski definition) is 0. The first-order valence-electron chi connectivity index (χ1n) is 6.48. The van der Waals surface area contributed by atoms with E-state index in [0.29, 0.717) is 0 Å². The van der Waals surface area contributed by atoms with E-state index >= 15 is 0 Å². The molecule has 0 aromatic rings. The number of aliphatic imine (C=N–C) groups is 2. The molecule has 21 heavy (non-hydrogen) atoms. The van der Waals surface area contributed by atoms with Gasteiger partial charge < -0.3 is 19.8 Å². The molecule has 0 spiro atoms. The van der Waals surface area contributed by atoms with Crippen LogP contribution in [0.15, 0.2) is 9.98 Å². The fourth-order valence-electron chi connectivity index (χ4n) is 0.637. The number of carboxylic acids is 2. The average Bonchev–Trinajstić information content (AvgIpc) is 2.35. The second-order valence-electron chi connectivity index (χ2n) is 5.49. The van der Waals surface area contributed by atoms with E-state index in [9.17, 15) is 19.8 Å². The van der Waals surface area contributed by atoms with E-state index in [2.05, 4.69) is 9.98 Å². The van der Waals surface area contributed by atoms with Crippen molar-refractivity contribution in [1.82, 2.24) is 0 Å². The van der Waals surface area contributed by atoms with E-state index in [1.165, 1.54) is 0 Å². The number of nitrogens with zero attached hydrogens (tertiary/aromatic N) is 2.